The lowest BCUT2D eigenvalue weighted by Gasteiger charge is -2.25. The lowest BCUT2D eigenvalue weighted by atomic mass is 10.1. The molecule has 0 saturated heterocycles. The molecule has 0 amide bonds. The van der Waals surface area contributed by atoms with Crippen LogP contribution < -0.4 is 9.80 Å². The average Bonchev–Trinajstić information content (AvgIpc) is 3.20. The zero-order valence-corrected chi connectivity index (χ0v) is 15.1. The SMILES string of the molecule is Cc1ccc2c(oc3ncccc32)c1N1[CH]N(C(C)C)c2ccccc21. The quantitative estimate of drug-likeness (QED) is 0.462. The first-order valence-electron chi connectivity index (χ1n) is 8.93. The van der Waals surface area contributed by atoms with Crippen molar-refractivity contribution >= 4 is 39.1 Å². The molecule has 0 bridgehead atoms. The molecule has 2 aromatic carbocycles. The van der Waals surface area contributed by atoms with Crippen LogP contribution in [0.3, 0.4) is 0 Å². The molecule has 1 aliphatic heterocycles. The summed E-state index contributed by atoms with van der Waals surface area (Å²) in [6.07, 6.45) is 1.77. The maximum atomic E-state index is 6.20. The molecule has 0 N–H and O–H groups in total. The molecule has 2 aromatic heterocycles. The number of hydrogen-bond donors (Lipinski definition) is 0. The Kier molecular flexibility index (Phi) is 3.23. The monoisotopic (exact) mass is 342 g/mol. The first-order valence-corrected chi connectivity index (χ1v) is 8.93. The second-order valence-electron chi connectivity index (χ2n) is 7.04. The number of aromatic nitrogens is 1. The van der Waals surface area contributed by atoms with Crippen molar-refractivity contribution < 1.29 is 4.42 Å². The number of benzene rings is 2. The molecule has 1 aliphatic rings. The predicted molar refractivity (Wildman–Crippen MR) is 107 cm³/mol. The van der Waals surface area contributed by atoms with Gasteiger partial charge in [0.1, 0.15) is 6.67 Å². The lowest BCUT2D eigenvalue weighted by molar-refractivity contribution is 0.653. The van der Waals surface area contributed by atoms with Gasteiger partial charge in [-0.15, -0.1) is 0 Å². The number of pyridine rings is 1. The zero-order chi connectivity index (χ0) is 17.8. The van der Waals surface area contributed by atoms with Gasteiger partial charge < -0.3 is 14.2 Å². The summed E-state index contributed by atoms with van der Waals surface area (Å²) in [5.41, 5.74) is 6.21. The Labute approximate surface area is 152 Å². The Morgan fingerprint density at radius 1 is 0.923 bits per heavy atom. The van der Waals surface area contributed by atoms with Crippen LogP contribution in [0.1, 0.15) is 19.4 Å². The number of anilines is 3. The summed E-state index contributed by atoms with van der Waals surface area (Å²) >= 11 is 0. The molecule has 0 fully saturated rings. The Bertz CT molecular complexity index is 1130. The van der Waals surface area contributed by atoms with E-state index in [1.165, 1.54) is 16.9 Å². The van der Waals surface area contributed by atoms with Crippen LogP contribution >= 0.6 is 0 Å². The third-order valence-corrected chi connectivity index (χ3v) is 5.05. The summed E-state index contributed by atoms with van der Waals surface area (Å²) in [5.74, 6) is 0. The molecule has 0 atom stereocenters. The van der Waals surface area contributed by atoms with Crippen LogP contribution in [0.5, 0.6) is 0 Å². The summed E-state index contributed by atoms with van der Waals surface area (Å²) in [4.78, 5) is 8.94. The lowest BCUT2D eigenvalue weighted by Crippen LogP contribution is -2.28. The highest BCUT2D eigenvalue weighted by Crippen LogP contribution is 2.47. The minimum Gasteiger partial charge on any atom is -0.435 e. The van der Waals surface area contributed by atoms with Crippen molar-refractivity contribution in [2.75, 3.05) is 9.80 Å². The topological polar surface area (TPSA) is 32.5 Å². The summed E-state index contributed by atoms with van der Waals surface area (Å²) in [6, 6.07) is 17.2. The fourth-order valence-electron chi connectivity index (χ4n) is 3.78. The Hall–Kier alpha value is -3.01. The van der Waals surface area contributed by atoms with Crippen molar-refractivity contribution in [2.24, 2.45) is 0 Å². The van der Waals surface area contributed by atoms with E-state index in [0.29, 0.717) is 11.8 Å². The van der Waals surface area contributed by atoms with Crippen molar-refractivity contribution in [3.8, 4) is 0 Å². The van der Waals surface area contributed by atoms with Crippen LogP contribution in [-0.4, -0.2) is 11.0 Å². The van der Waals surface area contributed by atoms with Gasteiger partial charge in [-0.3, -0.25) is 0 Å². The number of fused-ring (bicyclic) bond motifs is 4. The predicted octanol–water partition coefficient (Wildman–Crippen LogP) is 5.78. The molecule has 4 nitrogen and oxygen atoms in total. The van der Waals surface area contributed by atoms with Gasteiger partial charge in [-0.05, 0) is 50.6 Å². The smallest absolute Gasteiger partial charge is 0.227 e. The zero-order valence-electron chi connectivity index (χ0n) is 15.1. The number of para-hydroxylation sites is 2. The van der Waals surface area contributed by atoms with E-state index in [1.807, 2.05) is 6.07 Å². The van der Waals surface area contributed by atoms with Gasteiger partial charge in [-0.25, -0.2) is 4.98 Å². The normalized spacial score (nSPS) is 14.0. The van der Waals surface area contributed by atoms with Crippen LogP contribution in [0.25, 0.3) is 22.1 Å². The van der Waals surface area contributed by atoms with E-state index in [4.69, 9.17) is 4.42 Å². The number of nitrogens with zero attached hydrogens (tertiary/aromatic N) is 3. The number of hydrogen-bond acceptors (Lipinski definition) is 4. The fourth-order valence-corrected chi connectivity index (χ4v) is 3.78. The molecular formula is C22H20N3O. The van der Waals surface area contributed by atoms with Gasteiger partial charge in [0.2, 0.25) is 5.71 Å². The molecule has 0 spiro atoms. The third-order valence-electron chi connectivity index (χ3n) is 5.05. The van der Waals surface area contributed by atoms with Gasteiger partial charge in [-0.1, -0.05) is 24.3 Å². The van der Waals surface area contributed by atoms with Gasteiger partial charge in [0.05, 0.1) is 17.1 Å². The van der Waals surface area contributed by atoms with Crippen molar-refractivity contribution in [1.82, 2.24) is 4.98 Å². The minimum atomic E-state index is 0.373. The van der Waals surface area contributed by atoms with E-state index in [1.54, 1.807) is 6.20 Å². The van der Waals surface area contributed by atoms with Crippen LogP contribution in [0.15, 0.2) is 59.1 Å². The summed E-state index contributed by atoms with van der Waals surface area (Å²) in [5, 5.41) is 2.15. The molecule has 129 valence electrons. The maximum Gasteiger partial charge on any atom is 0.227 e. The largest absolute Gasteiger partial charge is 0.435 e. The van der Waals surface area contributed by atoms with Crippen LogP contribution in [0, 0.1) is 13.6 Å². The molecule has 1 radical (unpaired) electrons. The van der Waals surface area contributed by atoms with E-state index < -0.39 is 0 Å². The first kappa shape index (κ1) is 15.3. The van der Waals surface area contributed by atoms with Crippen molar-refractivity contribution in [3.05, 3.63) is 67.0 Å². The second kappa shape index (κ2) is 5.49. The highest BCUT2D eigenvalue weighted by atomic mass is 16.3. The van der Waals surface area contributed by atoms with Gasteiger partial charge in [0.15, 0.2) is 5.58 Å². The molecule has 5 rings (SSSR count). The molecule has 0 saturated carbocycles. The Balaban J connectivity index is 1.78. The van der Waals surface area contributed by atoms with E-state index in [9.17, 15) is 0 Å². The second-order valence-corrected chi connectivity index (χ2v) is 7.04. The third kappa shape index (κ3) is 2.05. The molecule has 26 heavy (non-hydrogen) atoms. The number of aryl methyl sites for hydroxylation is 1. The number of furan rings is 1. The average molecular weight is 342 g/mol. The van der Waals surface area contributed by atoms with Gasteiger partial charge in [-0.2, -0.15) is 0 Å². The van der Waals surface area contributed by atoms with Crippen molar-refractivity contribution in [3.63, 3.8) is 0 Å². The van der Waals surface area contributed by atoms with Crippen molar-refractivity contribution in [1.29, 1.82) is 0 Å². The first-order chi connectivity index (χ1) is 12.6. The fraction of sp³-hybridized carbons (Fsp3) is 0.182. The van der Waals surface area contributed by atoms with Crippen LogP contribution in [0.4, 0.5) is 17.1 Å². The molecule has 4 aromatic rings. The Morgan fingerprint density at radius 3 is 2.54 bits per heavy atom. The minimum absolute atomic E-state index is 0.373. The van der Waals surface area contributed by atoms with E-state index in [-0.39, 0.29) is 0 Å². The summed E-state index contributed by atoms with van der Waals surface area (Å²) < 4.78 is 6.20. The molecule has 3 heterocycles. The van der Waals surface area contributed by atoms with Gasteiger partial charge >= 0.3 is 0 Å². The highest BCUT2D eigenvalue weighted by Gasteiger charge is 2.31. The van der Waals surface area contributed by atoms with Gasteiger partial charge in [0.25, 0.3) is 0 Å². The van der Waals surface area contributed by atoms with Crippen LogP contribution in [-0.2, 0) is 0 Å². The molecule has 4 heteroatoms. The number of rotatable bonds is 2. The Morgan fingerprint density at radius 2 is 1.73 bits per heavy atom. The van der Waals surface area contributed by atoms with E-state index in [2.05, 4.69) is 84.7 Å². The molecule has 0 unspecified atom stereocenters. The van der Waals surface area contributed by atoms with E-state index in [0.717, 1.165) is 22.0 Å². The molecular weight excluding hydrogens is 322 g/mol. The van der Waals surface area contributed by atoms with E-state index >= 15 is 0 Å². The van der Waals surface area contributed by atoms with Gasteiger partial charge in [0, 0.05) is 23.0 Å². The molecule has 0 aliphatic carbocycles. The maximum absolute atomic E-state index is 6.20. The summed E-state index contributed by atoms with van der Waals surface area (Å²) in [7, 11) is 0. The van der Waals surface area contributed by atoms with Crippen molar-refractivity contribution in [2.45, 2.75) is 26.8 Å². The highest BCUT2D eigenvalue weighted by molar-refractivity contribution is 6.10. The summed E-state index contributed by atoms with van der Waals surface area (Å²) in [6.45, 7) is 8.71. The standard InChI is InChI=1S/C22H20N3O/c1-14(2)24-13-25(19-9-5-4-8-18(19)24)20-15(3)10-11-16-17-7-6-12-23-22(17)26-21(16)20/h4-14H,1-3H3. The van der Waals surface area contributed by atoms with Crippen LogP contribution in [0.2, 0.25) is 0 Å².